The number of rotatable bonds is 3. The molecule has 2 N–H and O–H groups in total. The molecule has 3 heterocycles. The number of nitrogens with one attached hydrogen (secondary N) is 2. The molecule has 2 aromatic heterocycles. The van der Waals surface area contributed by atoms with Crippen molar-refractivity contribution in [2.75, 3.05) is 31.1 Å². The number of piperazine rings is 1. The third-order valence-electron chi connectivity index (χ3n) is 3.93. The summed E-state index contributed by atoms with van der Waals surface area (Å²) < 4.78 is 3.35. The molecule has 2 aromatic rings. The standard InChI is InChI=1S/C14H22N6O2/c1-9(2)8-20-10-11(18(3)14(22)17-12(10)21)16-13(20)19-6-4-15-5-7-19/h9,15H,4-8H2,1-3H3,(H,17,21,22). The third-order valence-corrected chi connectivity index (χ3v) is 3.93. The Balaban J connectivity index is 2.26. The quantitative estimate of drug-likeness (QED) is 0.797. The molecule has 1 aliphatic heterocycles. The number of imidazole rings is 1. The topological polar surface area (TPSA) is 88.0 Å². The van der Waals surface area contributed by atoms with Crippen molar-refractivity contribution in [2.45, 2.75) is 20.4 Å². The predicted molar refractivity (Wildman–Crippen MR) is 85.5 cm³/mol. The molecule has 1 fully saturated rings. The lowest BCUT2D eigenvalue weighted by Gasteiger charge is -2.29. The van der Waals surface area contributed by atoms with Crippen LogP contribution in [0.5, 0.6) is 0 Å². The first kappa shape index (κ1) is 14.8. The number of hydrogen-bond acceptors (Lipinski definition) is 5. The van der Waals surface area contributed by atoms with Crippen LogP contribution >= 0.6 is 0 Å². The molecule has 0 atom stereocenters. The summed E-state index contributed by atoms with van der Waals surface area (Å²) in [4.78, 5) is 33.3. The number of fused-ring (bicyclic) bond motifs is 1. The summed E-state index contributed by atoms with van der Waals surface area (Å²) in [7, 11) is 1.63. The van der Waals surface area contributed by atoms with Crippen LogP contribution in [-0.4, -0.2) is 45.3 Å². The lowest BCUT2D eigenvalue weighted by atomic mass is 10.2. The zero-order chi connectivity index (χ0) is 15.9. The first-order valence-electron chi connectivity index (χ1n) is 7.64. The molecule has 1 aliphatic rings. The van der Waals surface area contributed by atoms with Gasteiger partial charge in [-0.25, -0.2) is 4.79 Å². The molecule has 0 saturated carbocycles. The van der Waals surface area contributed by atoms with E-state index < -0.39 is 5.69 Å². The number of H-pyrrole nitrogens is 1. The van der Waals surface area contributed by atoms with E-state index in [1.807, 2.05) is 4.57 Å². The predicted octanol–water partition coefficient (Wildman–Crippen LogP) is -0.511. The highest BCUT2D eigenvalue weighted by Crippen LogP contribution is 2.21. The van der Waals surface area contributed by atoms with E-state index in [2.05, 4.69) is 34.0 Å². The van der Waals surface area contributed by atoms with Crippen LogP contribution in [0.25, 0.3) is 11.2 Å². The molecule has 0 bridgehead atoms. The number of anilines is 1. The average Bonchev–Trinajstić information content (AvgIpc) is 2.85. The minimum Gasteiger partial charge on any atom is -0.340 e. The minimum absolute atomic E-state index is 0.368. The van der Waals surface area contributed by atoms with Crippen molar-refractivity contribution in [3.63, 3.8) is 0 Å². The van der Waals surface area contributed by atoms with Gasteiger partial charge >= 0.3 is 5.69 Å². The smallest absolute Gasteiger partial charge is 0.329 e. The summed E-state index contributed by atoms with van der Waals surface area (Å²) in [5.74, 6) is 1.15. The summed E-state index contributed by atoms with van der Waals surface area (Å²) >= 11 is 0. The van der Waals surface area contributed by atoms with Crippen molar-refractivity contribution in [1.82, 2.24) is 24.4 Å². The van der Waals surface area contributed by atoms with Gasteiger partial charge in [0.05, 0.1) is 0 Å². The fourth-order valence-electron chi connectivity index (χ4n) is 2.87. The van der Waals surface area contributed by atoms with Gasteiger partial charge in [0, 0.05) is 39.8 Å². The normalized spacial score (nSPS) is 15.9. The van der Waals surface area contributed by atoms with E-state index in [4.69, 9.17) is 0 Å². The van der Waals surface area contributed by atoms with Crippen molar-refractivity contribution in [2.24, 2.45) is 13.0 Å². The van der Waals surface area contributed by atoms with Gasteiger partial charge in [0.2, 0.25) is 5.95 Å². The SMILES string of the molecule is CC(C)Cn1c(N2CCNCC2)nc2c1c(=O)[nH]c(=O)n2C. The molecular formula is C14H22N6O2. The highest BCUT2D eigenvalue weighted by molar-refractivity contribution is 5.74. The van der Waals surface area contributed by atoms with Gasteiger partial charge in [-0.3, -0.25) is 14.3 Å². The molecule has 0 radical (unpaired) electrons. The summed E-state index contributed by atoms with van der Waals surface area (Å²) in [6.45, 7) is 8.35. The minimum atomic E-state index is -0.432. The van der Waals surface area contributed by atoms with Gasteiger partial charge in [0.25, 0.3) is 5.56 Å². The first-order chi connectivity index (χ1) is 10.5. The fraction of sp³-hybridized carbons (Fsp3) is 0.643. The van der Waals surface area contributed by atoms with Gasteiger partial charge in [-0.1, -0.05) is 13.8 Å². The lowest BCUT2D eigenvalue weighted by Crippen LogP contribution is -2.44. The second kappa shape index (κ2) is 5.60. The van der Waals surface area contributed by atoms with Crippen LogP contribution < -0.4 is 21.5 Å². The highest BCUT2D eigenvalue weighted by atomic mass is 16.2. The summed E-state index contributed by atoms with van der Waals surface area (Å²) in [5.41, 5.74) is 0.124. The van der Waals surface area contributed by atoms with Crippen LogP contribution in [0, 0.1) is 5.92 Å². The van der Waals surface area contributed by atoms with Crippen molar-refractivity contribution < 1.29 is 0 Å². The molecule has 8 nitrogen and oxygen atoms in total. The molecular weight excluding hydrogens is 284 g/mol. The molecule has 120 valence electrons. The summed E-state index contributed by atoms with van der Waals surface area (Å²) in [6, 6.07) is 0. The number of nitrogens with zero attached hydrogens (tertiary/aromatic N) is 4. The second-order valence-corrected chi connectivity index (χ2v) is 6.14. The Morgan fingerprint density at radius 2 is 1.91 bits per heavy atom. The van der Waals surface area contributed by atoms with Crippen LogP contribution in [0.3, 0.4) is 0 Å². The molecule has 0 aromatic carbocycles. The number of aryl methyl sites for hydroxylation is 1. The molecule has 22 heavy (non-hydrogen) atoms. The van der Waals surface area contributed by atoms with E-state index in [0.29, 0.717) is 23.6 Å². The van der Waals surface area contributed by atoms with Crippen LogP contribution in [0.2, 0.25) is 0 Å². The summed E-state index contributed by atoms with van der Waals surface area (Å²) in [6.07, 6.45) is 0. The number of aromatic amines is 1. The Kier molecular flexibility index (Phi) is 3.78. The molecule has 0 spiro atoms. The van der Waals surface area contributed by atoms with Gasteiger partial charge in [0.15, 0.2) is 11.2 Å². The van der Waals surface area contributed by atoms with Crippen molar-refractivity contribution >= 4 is 17.1 Å². The van der Waals surface area contributed by atoms with Crippen molar-refractivity contribution in [1.29, 1.82) is 0 Å². The van der Waals surface area contributed by atoms with Gasteiger partial charge in [-0.2, -0.15) is 4.98 Å². The first-order valence-corrected chi connectivity index (χ1v) is 7.64. The van der Waals surface area contributed by atoms with Gasteiger partial charge in [-0.15, -0.1) is 0 Å². The van der Waals surface area contributed by atoms with Crippen LogP contribution in [0.15, 0.2) is 9.59 Å². The highest BCUT2D eigenvalue weighted by Gasteiger charge is 2.22. The molecule has 0 aliphatic carbocycles. The monoisotopic (exact) mass is 306 g/mol. The van der Waals surface area contributed by atoms with E-state index in [1.54, 1.807) is 7.05 Å². The molecule has 0 amide bonds. The zero-order valence-corrected chi connectivity index (χ0v) is 13.2. The van der Waals surface area contributed by atoms with Gasteiger partial charge < -0.3 is 14.8 Å². The van der Waals surface area contributed by atoms with Crippen molar-refractivity contribution in [3.05, 3.63) is 20.8 Å². The Labute approximate surface area is 127 Å². The number of hydrogen-bond donors (Lipinski definition) is 2. The Morgan fingerprint density at radius 3 is 2.55 bits per heavy atom. The number of aromatic nitrogens is 4. The average molecular weight is 306 g/mol. The van der Waals surface area contributed by atoms with E-state index in [1.165, 1.54) is 4.57 Å². The van der Waals surface area contributed by atoms with Gasteiger partial charge in [0.1, 0.15) is 0 Å². The van der Waals surface area contributed by atoms with Gasteiger partial charge in [-0.05, 0) is 5.92 Å². The molecule has 8 heteroatoms. The van der Waals surface area contributed by atoms with E-state index in [-0.39, 0.29) is 5.56 Å². The molecule has 3 rings (SSSR count). The zero-order valence-electron chi connectivity index (χ0n) is 13.2. The largest absolute Gasteiger partial charge is 0.340 e. The maximum atomic E-state index is 12.3. The van der Waals surface area contributed by atoms with Crippen LogP contribution in [0.4, 0.5) is 5.95 Å². The van der Waals surface area contributed by atoms with Crippen LogP contribution in [-0.2, 0) is 13.6 Å². The maximum Gasteiger partial charge on any atom is 0.329 e. The van der Waals surface area contributed by atoms with E-state index in [9.17, 15) is 9.59 Å². The Bertz CT molecular complexity index is 794. The van der Waals surface area contributed by atoms with Crippen molar-refractivity contribution in [3.8, 4) is 0 Å². The third kappa shape index (κ3) is 2.43. The molecule has 1 saturated heterocycles. The maximum absolute atomic E-state index is 12.3. The van der Waals surface area contributed by atoms with E-state index in [0.717, 1.165) is 32.1 Å². The Morgan fingerprint density at radius 1 is 1.23 bits per heavy atom. The Hall–Kier alpha value is -2.09. The summed E-state index contributed by atoms with van der Waals surface area (Å²) in [5, 5.41) is 3.31. The molecule has 0 unspecified atom stereocenters. The fourth-order valence-corrected chi connectivity index (χ4v) is 2.87. The second-order valence-electron chi connectivity index (χ2n) is 6.14. The van der Waals surface area contributed by atoms with E-state index >= 15 is 0 Å². The lowest BCUT2D eigenvalue weighted by molar-refractivity contribution is 0.513. The van der Waals surface area contributed by atoms with Crippen LogP contribution in [0.1, 0.15) is 13.8 Å².